The molecular formula is C17H28N2O. The average molecular weight is 276 g/mol. The second-order valence-electron chi connectivity index (χ2n) is 6.16. The van der Waals surface area contributed by atoms with Gasteiger partial charge in [-0.3, -0.25) is 0 Å². The van der Waals surface area contributed by atoms with Crippen LogP contribution in [-0.4, -0.2) is 30.6 Å². The number of benzene rings is 1. The molecule has 112 valence electrons. The fourth-order valence-corrected chi connectivity index (χ4v) is 2.86. The highest BCUT2D eigenvalue weighted by atomic mass is 16.5. The number of likely N-dealkylation sites (tertiary alicyclic amines) is 1. The largest absolute Gasteiger partial charge is 0.491 e. The van der Waals surface area contributed by atoms with Crippen LogP contribution in [0, 0.1) is 5.92 Å². The minimum absolute atomic E-state index is 0.0960. The maximum absolute atomic E-state index is 6.33. The molecule has 0 aliphatic carbocycles. The molecule has 0 spiro atoms. The van der Waals surface area contributed by atoms with Crippen molar-refractivity contribution >= 4 is 0 Å². The molecule has 2 unspecified atom stereocenters. The first-order chi connectivity index (χ1) is 9.58. The summed E-state index contributed by atoms with van der Waals surface area (Å²) in [6.45, 7) is 9.72. The molecule has 0 amide bonds. The second-order valence-corrected chi connectivity index (χ2v) is 6.16. The first kappa shape index (κ1) is 15.3. The Labute approximate surface area is 123 Å². The van der Waals surface area contributed by atoms with Crippen LogP contribution < -0.4 is 10.5 Å². The number of hydrogen-bond acceptors (Lipinski definition) is 3. The lowest BCUT2D eigenvalue weighted by Crippen LogP contribution is -2.30. The van der Waals surface area contributed by atoms with Gasteiger partial charge in [0.05, 0.1) is 6.10 Å². The molecule has 0 bridgehead atoms. The molecule has 1 fully saturated rings. The number of nitrogens with zero attached hydrogens (tertiary/aromatic N) is 1. The number of hydrogen-bond donors (Lipinski definition) is 1. The van der Waals surface area contributed by atoms with E-state index >= 15 is 0 Å². The zero-order chi connectivity index (χ0) is 14.5. The van der Waals surface area contributed by atoms with Gasteiger partial charge in [0, 0.05) is 19.1 Å². The fraction of sp³-hybridized carbons (Fsp3) is 0.647. The van der Waals surface area contributed by atoms with Crippen molar-refractivity contribution < 1.29 is 4.74 Å². The van der Waals surface area contributed by atoms with Crippen LogP contribution in [0.3, 0.4) is 0 Å². The van der Waals surface area contributed by atoms with Crippen molar-refractivity contribution in [3.05, 3.63) is 29.8 Å². The van der Waals surface area contributed by atoms with Gasteiger partial charge in [0.2, 0.25) is 0 Å². The van der Waals surface area contributed by atoms with Crippen LogP contribution in [-0.2, 0) is 0 Å². The molecule has 2 N–H and O–H groups in total. The first-order valence-electron chi connectivity index (χ1n) is 7.83. The molecule has 0 saturated carbocycles. The Morgan fingerprint density at radius 1 is 1.30 bits per heavy atom. The van der Waals surface area contributed by atoms with Crippen molar-refractivity contribution in [2.24, 2.45) is 11.7 Å². The van der Waals surface area contributed by atoms with Gasteiger partial charge in [0.1, 0.15) is 5.75 Å². The van der Waals surface area contributed by atoms with Gasteiger partial charge in [-0.2, -0.15) is 0 Å². The number of nitrogens with two attached hydrogens (primary N) is 1. The molecule has 1 aliphatic rings. The lowest BCUT2D eigenvalue weighted by atomic mass is 10.1. The molecule has 1 heterocycles. The van der Waals surface area contributed by atoms with Crippen molar-refractivity contribution in [3.8, 4) is 5.75 Å². The highest BCUT2D eigenvalue weighted by molar-refractivity contribution is 5.29. The van der Waals surface area contributed by atoms with E-state index < -0.39 is 0 Å². The minimum atomic E-state index is 0.0960. The van der Waals surface area contributed by atoms with Gasteiger partial charge in [-0.05, 0) is 50.4 Å². The highest BCUT2D eigenvalue weighted by Gasteiger charge is 2.22. The summed E-state index contributed by atoms with van der Waals surface area (Å²) in [4.78, 5) is 2.50. The number of ether oxygens (including phenoxy) is 1. The third-order valence-electron chi connectivity index (χ3n) is 4.08. The maximum atomic E-state index is 6.33. The number of rotatable bonds is 6. The topological polar surface area (TPSA) is 38.5 Å². The normalized spacial score (nSPS) is 21.4. The minimum Gasteiger partial charge on any atom is -0.491 e. The smallest absolute Gasteiger partial charge is 0.119 e. The van der Waals surface area contributed by atoms with E-state index in [0.29, 0.717) is 0 Å². The second kappa shape index (κ2) is 7.09. The molecule has 0 aromatic heterocycles. The Balaban J connectivity index is 1.87. The predicted octanol–water partition coefficient (Wildman–Crippen LogP) is 3.21. The lowest BCUT2D eigenvalue weighted by Gasteiger charge is -2.21. The molecule has 1 saturated heterocycles. The quantitative estimate of drug-likeness (QED) is 0.867. The monoisotopic (exact) mass is 276 g/mol. The first-order valence-corrected chi connectivity index (χ1v) is 7.83. The van der Waals surface area contributed by atoms with E-state index in [1.54, 1.807) is 0 Å². The summed E-state index contributed by atoms with van der Waals surface area (Å²) in [6.07, 6.45) is 2.82. The lowest BCUT2D eigenvalue weighted by molar-refractivity contribution is 0.242. The van der Waals surface area contributed by atoms with E-state index in [4.69, 9.17) is 10.5 Å². The Bertz CT molecular complexity index is 402. The molecule has 20 heavy (non-hydrogen) atoms. The van der Waals surface area contributed by atoms with Crippen molar-refractivity contribution in [1.82, 2.24) is 4.90 Å². The fourth-order valence-electron chi connectivity index (χ4n) is 2.86. The van der Waals surface area contributed by atoms with E-state index in [0.717, 1.165) is 18.2 Å². The van der Waals surface area contributed by atoms with Crippen LogP contribution in [0.4, 0.5) is 0 Å². The summed E-state index contributed by atoms with van der Waals surface area (Å²) < 4.78 is 5.66. The van der Waals surface area contributed by atoms with E-state index in [-0.39, 0.29) is 12.1 Å². The highest BCUT2D eigenvalue weighted by Crippen LogP contribution is 2.23. The van der Waals surface area contributed by atoms with Gasteiger partial charge in [-0.1, -0.05) is 25.5 Å². The van der Waals surface area contributed by atoms with Crippen molar-refractivity contribution in [2.45, 2.75) is 45.8 Å². The van der Waals surface area contributed by atoms with Crippen LogP contribution >= 0.6 is 0 Å². The summed E-state index contributed by atoms with van der Waals surface area (Å²) in [5.74, 6) is 1.78. The summed E-state index contributed by atoms with van der Waals surface area (Å²) >= 11 is 0. The molecule has 2 atom stereocenters. The van der Waals surface area contributed by atoms with E-state index in [2.05, 4.69) is 24.0 Å². The third-order valence-corrected chi connectivity index (χ3v) is 4.08. The zero-order valence-electron chi connectivity index (χ0n) is 13.0. The molecule has 1 aliphatic heterocycles. The summed E-state index contributed by atoms with van der Waals surface area (Å²) in [5, 5.41) is 0. The van der Waals surface area contributed by atoms with Crippen molar-refractivity contribution in [2.75, 3.05) is 19.6 Å². The van der Waals surface area contributed by atoms with Crippen LogP contribution in [0.1, 0.15) is 45.2 Å². The Kier molecular flexibility index (Phi) is 5.44. The van der Waals surface area contributed by atoms with Crippen LogP contribution in [0.15, 0.2) is 24.3 Å². The molecule has 0 radical (unpaired) electrons. The van der Waals surface area contributed by atoms with Crippen LogP contribution in [0.25, 0.3) is 0 Å². The maximum Gasteiger partial charge on any atom is 0.119 e. The van der Waals surface area contributed by atoms with Crippen LogP contribution in [0.2, 0.25) is 0 Å². The van der Waals surface area contributed by atoms with Gasteiger partial charge in [-0.15, -0.1) is 0 Å². The third kappa shape index (κ3) is 4.22. The Hall–Kier alpha value is -1.06. The predicted molar refractivity (Wildman–Crippen MR) is 84.0 cm³/mol. The van der Waals surface area contributed by atoms with Gasteiger partial charge >= 0.3 is 0 Å². The van der Waals surface area contributed by atoms with Gasteiger partial charge in [0.15, 0.2) is 0 Å². The Morgan fingerprint density at radius 2 is 2.00 bits per heavy atom. The van der Waals surface area contributed by atoms with Crippen molar-refractivity contribution in [3.63, 3.8) is 0 Å². The molecule has 3 heteroatoms. The summed E-state index contributed by atoms with van der Waals surface area (Å²) in [6, 6.07) is 8.33. The molecule has 2 rings (SSSR count). The molecule has 1 aromatic carbocycles. The van der Waals surface area contributed by atoms with E-state index in [9.17, 15) is 0 Å². The summed E-state index contributed by atoms with van der Waals surface area (Å²) in [7, 11) is 0. The van der Waals surface area contributed by atoms with Crippen LogP contribution in [0.5, 0.6) is 5.75 Å². The van der Waals surface area contributed by atoms with E-state index in [1.165, 1.54) is 31.5 Å². The molecule has 3 nitrogen and oxygen atoms in total. The SMILES string of the molecule is CCC1CCN(CC(N)c2ccc(OC(C)C)cc2)C1. The van der Waals surface area contributed by atoms with Crippen molar-refractivity contribution in [1.29, 1.82) is 0 Å². The average Bonchev–Trinajstić information content (AvgIpc) is 2.86. The van der Waals surface area contributed by atoms with Gasteiger partial charge < -0.3 is 15.4 Å². The molecule has 1 aromatic rings. The standard InChI is InChI=1S/C17H28N2O/c1-4-14-9-10-19(11-14)12-17(18)15-5-7-16(8-6-15)20-13(2)3/h5-8,13-14,17H,4,9-12,18H2,1-3H3. The van der Waals surface area contributed by atoms with Gasteiger partial charge in [0.25, 0.3) is 0 Å². The Morgan fingerprint density at radius 3 is 2.55 bits per heavy atom. The summed E-state index contributed by atoms with van der Waals surface area (Å²) in [5.41, 5.74) is 7.53. The zero-order valence-corrected chi connectivity index (χ0v) is 13.0. The van der Waals surface area contributed by atoms with Gasteiger partial charge in [-0.25, -0.2) is 0 Å². The van der Waals surface area contributed by atoms with E-state index in [1.807, 2.05) is 26.0 Å². The molecular weight excluding hydrogens is 248 g/mol.